The minimum absolute atomic E-state index is 0.423. The molecule has 0 aromatic rings. The van der Waals surface area contributed by atoms with Gasteiger partial charge in [0, 0.05) is 12.6 Å². The molecule has 2 unspecified atom stereocenters. The van der Waals surface area contributed by atoms with Gasteiger partial charge in [-0.2, -0.15) is 0 Å². The Morgan fingerprint density at radius 3 is 2.90 bits per heavy atom. The molecule has 1 N–H and O–H groups in total. The highest BCUT2D eigenvalue weighted by Gasteiger charge is 2.22. The van der Waals surface area contributed by atoms with Crippen molar-refractivity contribution in [2.45, 2.75) is 38.8 Å². The van der Waals surface area contributed by atoms with Crippen LogP contribution in [0.2, 0.25) is 0 Å². The van der Waals surface area contributed by atoms with Crippen molar-refractivity contribution in [2.75, 3.05) is 13.2 Å². The van der Waals surface area contributed by atoms with Gasteiger partial charge in [-0.1, -0.05) is 6.92 Å². The van der Waals surface area contributed by atoms with Gasteiger partial charge in [0.2, 0.25) is 0 Å². The zero-order valence-electron chi connectivity index (χ0n) is 6.89. The van der Waals surface area contributed by atoms with Crippen LogP contribution in [-0.4, -0.2) is 25.3 Å². The second-order valence-electron chi connectivity index (χ2n) is 2.93. The van der Waals surface area contributed by atoms with E-state index in [9.17, 15) is 0 Å². The molecule has 1 saturated heterocycles. The van der Waals surface area contributed by atoms with Gasteiger partial charge >= 0.3 is 0 Å². The van der Waals surface area contributed by atoms with Gasteiger partial charge < -0.3 is 10.1 Å². The first-order valence-corrected chi connectivity index (χ1v) is 4.19. The van der Waals surface area contributed by atoms with Crippen LogP contribution in [0.4, 0.5) is 0 Å². The minimum atomic E-state index is 0.423. The lowest BCUT2D eigenvalue weighted by molar-refractivity contribution is 0.113. The largest absolute Gasteiger partial charge is 0.377 e. The van der Waals surface area contributed by atoms with Crippen LogP contribution in [-0.2, 0) is 4.74 Å². The molecule has 0 spiro atoms. The molecule has 0 aromatic heterocycles. The molecule has 1 rings (SSSR count). The minimum Gasteiger partial charge on any atom is -0.377 e. The molecule has 1 fully saturated rings. The third-order valence-electron chi connectivity index (χ3n) is 2.03. The summed E-state index contributed by atoms with van der Waals surface area (Å²) in [7, 11) is 0. The SMILES string of the molecule is CCCNC1CCOC1C. The molecule has 2 heteroatoms. The maximum Gasteiger partial charge on any atom is 0.0700 e. The van der Waals surface area contributed by atoms with Gasteiger partial charge in [-0.3, -0.25) is 0 Å². The number of ether oxygens (including phenoxy) is 1. The van der Waals surface area contributed by atoms with Gasteiger partial charge in [0.05, 0.1) is 6.10 Å². The van der Waals surface area contributed by atoms with Crippen LogP contribution in [0.15, 0.2) is 0 Å². The summed E-state index contributed by atoms with van der Waals surface area (Å²) in [5.41, 5.74) is 0. The molecule has 0 saturated carbocycles. The highest BCUT2D eigenvalue weighted by atomic mass is 16.5. The van der Waals surface area contributed by atoms with Gasteiger partial charge in [-0.15, -0.1) is 0 Å². The van der Waals surface area contributed by atoms with Crippen molar-refractivity contribution in [1.82, 2.24) is 5.32 Å². The lowest BCUT2D eigenvalue weighted by atomic mass is 10.1. The van der Waals surface area contributed by atoms with E-state index in [1.807, 2.05) is 0 Å². The predicted octanol–water partition coefficient (Wildman–Crippen LogP) is 1.16. The van der Waals surface area contributed by atoms with Crippen molar-refractivity contribution < 1.29 is 4.74 Å². The normalized spacial score (nSPS) is 33.0. The summed E-state index contributed by atoms with van der Waals surface area (Å²) in [4.78, 5) is 0. The molecule has 0 bridgehead atoms. The maximum absolute atomic E-state index is 5.40. The summed E-state index contributed by atoms with van der Waals surface area (Å²) in [5, 5.41) is 3.46. The van der Waals surface area contributed by atoms with E-state index >= 15 is 0 Å². The summed E-state index contributed by atoms with van der Waals surface area (Å²) in [6.45, 7) is 6.38. The Morgan fingerprint density at radius 2 is 2.40 bits per heavy atom. The molecule has 1 aliphatic heterocycles. The third-order valence-corrected chi connectivity index (χ3v) is 2.03. The van der Waals surface area contributed by atoms with E-state index in [-0.39, 0.29) is 0 Å². The van der Waals surface area contributed by atoms with E-state index in [4.69, 9.17) is 4.74 Å². The predicted molar refractivity (Wildman–Crippen MR) is 42.1 cm³/mol. The van der Waals surface area contributed by atoms with Crippen molar-refractivity contribution >= 4 is 0 Å². The van der Waals surface area contributed by atoms with Crippen molar-refractivity contribution in [3.63, 3.8) is 0 Å². The van der Waals surface area contributed by atoms with Crippen molar-refractivity contribution in [3.05, 3.63) is 0 Å². The Hall–Kier alpha value is -0.0800. The van der Waals surface area contributed by atoms with Crippen LogP contribution < -0.4 is 5.32 Å². The second-order valence-corrected chi connectivity index (χ2v) is 2.93. The van der Waals surface area contributed by atoms with Crippen LogP contribution in [0.3, 0.4) is 0 Å². The van der Waals surface area contributed by atoms with E-state index in [1.54, 1.807) is 0 Å². The van der Waals surface area contributed by atoms with E-state index in [1.165, 1.54) is 12.8 Å². The first-order chi connectivity index (χ1) is 4.84. The van der Waals surface area contributed by atoms with Crippen molar-refractivity contribution in [1.29, 1.82) is 0 Å². The monoisotopic (exact) mass is 143 g/mol. The molecule has 1 heterocycles. The molecule has 10 heavy (non-hydrogen) atoms. The number of rotatable bonds is 3. The summed E-state index contributed by atoms with van der Waals surface area (Å²) >= 11 is 0. The topological polar surface area (TPSA) is 21.3 Å². The smallest absolute Gasteiger partial charge is 0.0700 e. The van der Waals surface area contributed by atoms with E-state index in [0.29, 0.717) is 12.1 Å². The quantitative estimate of drug-likeness (QED) is 0.640. The number of hydrogen-bond donors (Lipinski definition) is 1. The Bertz CT molecular complexity index is 95.3. The van der Waals surface area contributed by atoms with E-state index < -0.39 is 0 Å². The molecule has 0 aliphatic carbocycles. The first-order valence-electron chi connectivity index (χ1n) is 4.19. The van der Waals surface area contributed by atoms with Crippen LogP contribution in [0.25, 0.3) is 0 Å². The third kappa shape index (κ3) is 1.96. The standard InChI is InChI=1S/C8H17NO/c1-3-5-9-8-4-6-10-7(8)2/h7-9H,3-6H2,1-2H3. The van der Waals surface area contributed by atoms with Gasteiger partial charge in [-0.25, -0.2) is 0 Å². The molecule has 2 nitrogen and oxygen atoms in total. The summed E-state index contributed by atoms with van der Waals surface area (Å²) in [5.74, 6) is 0. The van der Waals surface area contributed by atoms with Gasteiger partial charge in [0.25, 0.3) is 0 Å². The molecule has 60 valence electrons. The summed E-state index contributed by atoms with van der Waals surface area (Å²) in [6.07, 6.45) is 2.82. The average molecular weight is 143 g/mol. The Kier molecular flexibility index (Phi) is 3.16. The van der Waals surface area contributed by atoms with Crippen molar-refractivity contribution in [2.24, 2.45) is 0 Å². The van der Waals surface area contributed by atoms with E-state index in [2.05, 4.69) is 19.2 Å². The molecular weight excluding hydrogens is 126 g/mol. The highest BCUT2D eigenvalue weighted by Crippen LogP contribution is 2.11. The van der Waals surface area contributed by atoms with Crippen molar-refractivity contribution in [3.8, 4) is 0 Å². The summed E-state index contributed by atoms with van der Waals surface area (Å²) in [6, 6.07) is 0.611. The van der Waals surface area contributed by atoms with E-state index in [0.717, 1.165) is 13.2 Å². The lowest BCUT2D eigenvalue weighted by Crippen LogP contribution is -2.34. The number of hydrogen-bond acceptors (Lipinski definition) is 2. The van der Waals surface area contributed by atoms with Gasteiger partial charge in [0.1, 0.15) is 0 Å². The van der Waals surface area contributed by atoms with Crippen LogP contribution >= 0.6 is 0 Å². The molecule has 2 atom stereocenters. The summed E-state index contributed by atoms with van der Waals surface area (Å²) < 4.78 is 5.40. The van der Waals surface area contributed by atoms with Gasteiger partial charge in [0.15, 0.2) is 0 Å². The Morgan fingerprint density at radius 1 is 1.60 bits per heavy atom. The fourth-order valence-corrected chi connectivity index (χ4v) is 1.33. The first kappa shape index (κ1) is 8.02. The highest BCUT2D eigenvalue weighted by molar-refractivity contribution is 4.78. The van der Waals surface area contributed by atoms with Crippen LogP contribution in [0, 0.1) is 0 Å². The molecule has 1 aliphatic rings. The molecule has 0 amide bonds. The fourth-order valence-electron chi connectivity index (χ4n) is 1.33. The average Bonchev–Trinajstić information content (AvgIpc) is 2.31. The Balaban J connectivity index is 2.14. The van der Waals surface area contributed by atoms with Crippen LogP contribution in [0.5, 0.6) is 0 Å². The fraction of sp³-hybridized carbons (Fsp3) is 1.00. The molecular formula is C8H17NO. The Labute approximate surface area is 63.0 Å². The molecule has 0 aromatic carbocycles. The second kappa shape index (κ2) is 3.94. The molecule has 0 radical (unpaired) electrons. The number of nitrogens with one attached hydrogen (secondary N) is 1. The van der Waals surface area contributed by atoms with Crippen LogP contribution in [0.1, 0.15) is 26.7 Å². The lowest BCUT2D eigenvalue weighted by Gasteiger charge is -2.14. The zero-order valence-corrected chi connectivity index (χ0v) is 6.89. The maximum atomic E-state index is 5.40. The van der Waals surface area contributed by atoms with Gasteiger partial charge in [-0.05, 0) is 26.3 Å². The zero-order chi connectivity index (χ0) is 7.40.